The van der Waals surface area contributed by atoms with Crippen LogP contribution in [0.4, 0.5) is 5.82 Å². The molecule has 3 heteroatoms. The van der Waals surface area contributed by atoms with Crippen molar-refractivity contribution in [3.63, 3.8) is 0 Å². The van der Waals surface area contributed by atoms with E-state index in [0.717, 1.165) is 5.69 Å². The second-order valence-electron chi connectivity index (χ2n) is 1.71. The highest BCUT2D eigenvalue weighted by molar-refractivity contribution is 5.30. The molecule has 0 saturated carbocycles. The predicted molar refractivity (Wildman–Crippen MR) is 32.1 cm³/mol. The van der Waals surface area contributed by atoms with Crippen LogP contribution < -0.4 is 5.73 Å². The molecule has 1 aromatic rings. The third-order valence-corrected chi connectivity index (χ3v) is 0.933. The fourth-order valence-corrected chi connectivity index (χ4v) is 0.566. The molecular weight excluding hydrogens is 102 g/mol. The number of anilines is 1. The number of nitrogens with zero attached hydrogens (tertiary/aromatic N) is 2. The van der Waals surface area contributed by atoms with Gasteiger partial charge >= 0.3 is 0 Å². The van der Waals surface area contributed by atoms with Crippen LogP contribution in [0.25, 0.3) is 0 Å². The van der Waals surface area contributed by atoms with Gasteiger partial charge in [-0.1, -0.05) is 0 Å². The van der Waals surface area contributed by atoms with Crippen LogP contribution in [0.15, 0.2) is 6.07 Å². The molecule has 0 aliphatic heterocycles. The highest BCUT2D eigenvalue weighted by Crippen LogP contribution is 2.01. The van der Waals surface area contributed by atoms with E-state index in [9.17, 15) is 0 Å². The van der Waals surface area contributed by atoms with Crippen LogP contribution >= 0.6 is 0 Å². The summed E-state index contributed by atoms with van der Waals surface area (Å²) in [6, 6.07) is 1.77. The quantitative estimate of drug-likeness (QED) is 0.525. The molecule has 0 fully saturated rings. The summed E-state index contributed by atoms with van der Waals surface area (Å²) >= 11 is 0. The van der Waals surface area contributed by atoms with Gasteiger partial charge in [-0.2, -0.15) is 5.10 Å². The lowest BCUT2D eigenvalue weighted by Gasteiger charge is -1.87. The summed E-state index contributed by atoms with van der Waals surface area (Å²) in [5, 5.41) is 3.89. The molecule has 0 bridgehead atoms. The van der Waals surface area contributed by atoms with E-state index < -0.39 is 0 Å². The molecular formula is C5H8N3. The van der Waals surface area contributed by atoms with Gasteiger partial charge in [0.05, 0.1) is 12.7 Å². The van der Waals surface area contributed by atoms with Gasteiger partial charge in [0, 0.05) is 6.07 Å². The van der Waals surface area contributed by atoms with E-state index in [1.54, 1.807) is 6.07 Å². The van der Waals surface area contributed by atoms with Gasteiger partial charge in [-0.25, -0.2) is 4.68 Å². The number of aryl methyl sites for hydroxylation is 1. The Morgan fingerprint density at radius 2 is 2.50 bits per heavy atom. The topological polar surface area (TPSA) is 43.8 Å². The van der Waals surface area contributed by atoms with Gasteiger partial charge < -0.3 is 5.73 Å². The maximum absolute atomic E-state index is 5.38. The average molecular weight is 110 g/mol. The van der Waals surface area contributed by atoms with Crippen molar-refractivity contribution >= 4 is 5.82 Å². The van der Waals surface area contributed by atoms with E-state index >= 15 is 0 Å². The number of hydrogen-bond acceptors (Lipinski definition) is 2. The third kappa shape index (κ3) is 0.665. The molecule has 0 saturated heterocycles. The summed E-state index contributed by atoms with van der Waals surface area (Å²) in [4.78, 5) is 0. The van der Waals surface area contributed by atoms with Gasteiger partial charge in [0.25, 0.3) is 0 Å². The molecule has 0 atom stereocenters. The van der Waals surface area contributed by atoms with E-state index in [4.69, 9.17) is 5.73 Å². The molecule has 0 unspecified atom stereocenters. The zero-order chi connectivity index (χ0) is 6.15. The molecule has 2 N–H and O–H groups in total. The van der Waals surface area contributed by atoms with E-state index in [0.29, 0.717) is 5.82 Å². The van der Waals surface area contributed by atoms with Crippen molar-refractivity contribution in [3.05, 3.63) is 18.8 Å². The highest BCUT2D eigenvalue weighted by Gasteiger charge is 1.92. The van der Waals surface area contributed by atoms with Crippen molar-refractivity contribution in [2.24, 2.45) is 0 Å². The summed E-state index contributed by atoms with van der Waals surface area (Å²) in [6.07, 6.45) is 0. The van der Waals surface area contributed by atoms with Gasteiger partial charge in [-0.3, -0.25) is 0 Å². The molecule has 1 radical (unpaired) electrons. The summed E-state index contributed by atoms with van der Waals surface area (Å²) in [7, 11) is 3.52. The first-order chi connectivity index (χ1) is 3.70. The molecule has 0 spiro atoms. The Bertz CT molecular complexity index is 170. The number of aromatic nitrogens is 2. The molecule has 3 nitrogen and oxygen atoms in total. The minimum Gasteiger partial charge on any atom is -0.384 e. The Hall–Kier alpha value is -0.990. The van der Waals surface area contributed by atoms with E-state index in [1.165, 1.54) is 4.68 Å². The highest BCUT2D eigenvalue weighted by atomic mass is 15.3. The minimum atomic E-state index is 0.600. The van der Waals surface area contributed by atoms with E-state index in [1.807, 2.05) is 6.92 Å². The van der Waals surface area contributed by atoms with Crippen LogP contribution in [0.3, 0.4) is 0 Å². The third-order valence-electron chi connectivity index (χ3n) is 0.933. The van der Waals surface area contributed by atoms with Crippen LogP contribution in [0.1, 0.15) is 5.69 Å². The monoisotopic (exact) mass is 110 g/mol. The summed E-state index contributed by atoms with van der Waals surface area (Å²) in [6.45, 7) is 1.87. The van der Waals surface area contributed by atoms with Crippen LogP contribution in [0.2, 0.25) is 0 Å². The van der Waals surface area contributed by atoms with Crippen LogP contribution in [0.5, 0.6) is 0 Å². The molecule has 43 valence electrons. The minimum absolute atomic E-state index is 0.600. The van der Waals surface area contributed by atoms with Gasteiger partial charge in [0.1, 0.15) is 5.82 Å². The van der Waals surface area contributed by atoms with Crippen LogP contribution in [0, 0.1) is 14.0 Å². The maximum atomic E-state index is 5.38. The Balaban J connectivity index is 3.14. The molecule has 0 aromatic carbocycles. The molecule has 1 aromatic heterocycles. The van der Waals surface area contributed by atoms with Gasteiger partial charge in [0.2, 0.25) is 0 Å². The molecule has 0 aliphatic carbocycles. The largest absolute Gasteiger partial charge is 0.384 e. The van der Waals surface area contributed by atoms with Gasteiger partial charge in [-0.05, 0) is 6.92 Å². The van der Waals surface area contributed by atoms with E-state index in [2.05, 4.69) is 12.1 Å². The van der Waals surface area contributed by atoms with Crippen molar-refractivity contribution in [1.82, 2.24) is 9.78 Å². The first-order valence-corrected chi connectivity index (χ1v) is 2.33. The second kappa shape index (κ2) is 1.51. The number of nitrogens with two attached hydrogens (primary N) is 1. The number of hydrogen-bond donors (Lipinski definition) is 1. The first kappa shape index (κ1) is 5.15. The summed E-state index contributed by atoms with van der Waals surface area (Å²) in [5.41, 5.74) is 6.28. The fourth-order valence-electron chi connectivity index (χ4n) is 0.566. The Kier molecular flexibility index (Phi) is 0.970. The fraction of sp³-hybridized carbons (Fsp3) is 0.200. The maximum Gasteiger partial charge on any atom is 0.121 e. The Labute approximate surface area is 48.1 Å². The lowest BCUT2D eigenvalue weighted by Crippen LogP contribution is -1.94. The van der Waals surface area contributed by atoms with Crippen molar-refractivity contribution in [2.75, 3.05) is 5.73 Å². The van der Waals surface area contributed by atoms with E-state index in [-0.39, 0.29) is 0 Å². The zero-order valence-corrected chi connectivity index (χ0v) is 4.76. The van der Waals surface area contributed by atoms with Crippen LogP contribution in [-0.2, 0) is 0 Å². The Morgan fingerprint density at radius 3 is 2.62 bits per heavy atom. The number of rotatable bonds is 0. The second-order valence-corrected chi connectivity index (χ2v) is 1.71. The zero-order valence-electron chi connectivity index (χ0n) is 4.76. The van der Waals surface area contributed by atoms with Crippen molar-refractivity contribution in [3.8, 4) is 0 Å². The molecule has 1 heterocycles. The predicted octanol–water partition coefficient (Wildman–Crippen LogP) is 0.413. The average Bonchev–Trinajstić information content (AvgIpc) is 1.85. The molecule has 8 heavy (non-hydrogen) atoms. The molecule has 0 aliphatic rings. The smallest absolute Gasteiger partial charge is 0.121 e. The van der Waals surface area contributed by atoms with Crippen molar-refractivity contribution in [1.29, 1.82) is 0 Å². The van der Waals surface area contributed by atoms with Crippen molar-refractivity contribution < 1.29 is 0 Å². The molecule has 0 amide bonds. The summed E-state index contributed by atoms with van der Waals surface area (Å²) < 4.78 is 1.40. The SMILES string of the molecule is [CH2]n1nc(C)cc1N. The standard InChI is InChI=1S/C5H8N3/c1-4-3-5(6)8(2)7-4/h3H,2,6H2,1H3. The van der Waals surface area contributed by atoms with Crippen molar-refractivity contribution in [2.45, 2.75) is 6.92 Å². The number of nitrogen functional groups attached to an aromatic ring is 1. The van der Waals surface area contributed by atoms with Gasteiger partial charge in [-0.15, -0.1) is 0 Å². The lowest BCUT2D eigenvalue weighted by molar-refractivity contribution is 0.869. The van der Waals surface area contributed by atoms with Crippen LogP contribution in [-0.4, -0.2) is 9.78 Å². The summed E-state index contributed by atoms with van der Waals surface area (Å²) in [5.74, 6) is 0.600. The first-order valence-electron chi connectivity index (χ1n) is 2.33. The normalized spacial score (nSPS) is 9.75. The molecule has 1 rings (SSSR count). The van der Waals surface area contributed by atoms with Gasteiger partial charge in [0.15, 0.2) is 0 Å². The lowest BCUT2D eigenvalue weighted by atomic mass is 10.5. The Morgan fingerprint density at radius 1 is 1.88 bits per heavy atom.